The maximum Gasteiger partial charge on any atom is 0.259 e. The van der Waals surface area contributed by atoms with Crippen LogP contribution in [0, 0.1) is 13.8 Å². The first-order valence-electron chi connectivity index (χ1n) is 9.73. The monoisotopic (exact) mass is 441 g/mol. The van der Waals surface area contributed by atoms with E-state index in [1.54, 1.807) is 0 Å². The Labute approximate surface area is 182 Å². The van der Waals surface area contributed by atoms with Crippen molar-refractivity contribution in [2.75, 3.05) is 5.75 Å². The molecule has 0 fully saturated rings. The van der Waals surface area contributed by atoms with Gasteiger partial charge in [0.1, 0.15) is 22.0 Å². The number of aryl methyl sites for hydroxylation is 2. The molecule has 156 valence electrons. The molecule has 2 atom stereocenters. The zero-order chi connectivity index (χ0) is 21.4. The molecule has 4 aromatic rings. The van der Waals surface area contributed by atoms with Crippen LogP contribution < -0.4 is 10.9 Å². The Hall–Kier alpha value is -2.58. The minimum absolute atomic E-state index is 0.0916. The van der Waals surface area contributed by atoms with Crippen LogP contribution in [0.3, 0.4) is 0 Å². The molecule has 0 radical (unpaired) electrons. The highest BCUT2D eigenvalue weighted by Crippen LogP contribution is 2.30. The van der Waals surface area contributed by atoms with Gasteiger partial charge in [-0.3, -0.25) is 9.59 Å². The summed E-state index contributed by atoms with van der Waals surface area (Å²) in [5, 5.41) is 4.54. The van der Waals surface area contributed by atoms with Crippen molar-refractivity contribution in [1.82, 2.24) is 15.3 Å². The molecular weight excluding hydrogens is 418 g/mol. The van der Waals surface area contributed by atoms with Crippen molar-refractivity contribution in [3.05, 3.63) is 62.7 Å². The van der Waals surface area contributed by atoms with Gasteiger partial charge >= 0.3 is 0 Å². The zero-order valence-electron chi connectivity index (χ0n) is 17.2. The molecule has 8 heteroatoms. The Bertz CT molecular complexity index is 1260. The van der Waals surface area contributed by atoms with Crippen LogP contribution >= 0.6 is 23.1 Å². The molecule has 6 nitrogen and oxygen atoms in total. The molecule has 0 bridgehead atoms. The number of aromatic amines is 1. The Morgan fingerprint density at radius 1 is 1.30 bits per heavy atom. The number of H-pyrrole nitrogens is 1. The fourth-order valence-electron chi connectivity index (χ4n) is 3.31. The van der Waals surface area contributed by atoms with E-state index in [1.165, 1.54) is 23.1 Å². The van der Waals surface area contributed by atoms with Gasteiger partial charge in [0, 0.05) is 10.3 Å². The number of amides is 1. The number of fused-ring (bicyclic) bond motifs is 2. The molecule has 1 amide bonds. The molecule has 0 saturated heterocycles. The number of aromatic nitrogens is 2. The van der Waals surface area contributed by atoms with Crippen molar-refractivity contribution in [2.45, 2.75) is 39.0 Å². The summed E-state index contributed by atoms with van der Waals surface area (Å²) in [6, 6.07) is 9.49. The molecule has 30 heavy (non-hydrogen) atoms. The Balaban J connectivity index is 1.39. The average Bonchev–Trinajstić information content (AvgIpc) is 3.27. The van der Waals surface area contributed by atoms with Crippen LogP contribution in [0.15, 0.2) is 39.5 Å². The van der Waals surface area contributed by atoms with E-state index in [1.807, 2.05) is 58.0 Å². The summed E-state index contributed by atoms with van der Waals surface area (Å²) in [6.07, 6.45) is 0. The molecule has 1 aromatic carbocycles. The first-order valence-corrected chi connectivity index (χ1v) is 11.6. The smallest absolute Gasteiger partial charge is 0.259 e. The van der Waals surface area contributed by atoms with E-state index in [0.29, 0.717) is 11.2 Å². The number of hydrogen-bond donors (Lipinski definition) is 2. The summed E-state index contributed by atoms with van der Waals surface area (Å²) in [4.78, 5) is 34.3. The van der Waals surface area contributed by atoms with Crippen molar-refractivity contribution in [3.63, 3.8) is 0 Å². The molecular formula is C22H23N3O3S2. The van der Waals surface area contributed by atoms with Gasteiger partial charge in [0.15, 0.2) is 0 Å². The van der Waals surface area contributed by atoms with E-state index in [2.05, 4.69) is 15.3 Å². The summed E-state index contributed by atoms with van der Waals surface area (Å²) in [5.74, 6) is 1.49. The number of hydrogen-bond acceptors (Lipinski definition) is 6. The lowest BCUT2D eigenvalue weighted by Gasteiger charge is -2.13. The van der Waals surface area contributed by atoms with E-state index in [0.717, 1.165) is 32.0 Å². The SMILES string of the molecule is Cc1sc2nc(C(C)SCC(=O)NC(C)c3cc4ccccc4o3)[nH]c(=O)c2c1C. The lowest BCUT2D eigenvalue weighted by molar-refractivity contribution is -0.119. The number of carbonyl (C=O) groups excluding carboxylic acids is 1. The van der Waals surface area contributed by atoms with Gasteiger partial charge in [-0.15, -0.1) is 23.1 Å². The third-order valence-corrected chi connectivity index (χ3v) is 7.41. The third kappa shape index (κ3) is 4.02. The highest BCUT2D eigenvalue weighted by Gasteiger charge is 2.18. The van der Waals surface area contributed by atoms with E-state index >= 15 is 0 Å². The number of rotatable bonds is 6. The normalized spacial score (nSPS) is 13.6. The Kier molecular flexibility index (Phi) is 5.71. The van der Waals surface area contributed by atoms with E-state index in [9.17, 15) is 9.59 Å². The number of carbonyl (C=O) groups is 1. The maximum atomic E-state index is 12.5. The number of thiophene rings is 1. The van der Waals surface area contributed by atoms with E-state index < -0.39 is 0 Å². The Morgan fingerprint density at radius 2 is 2.07 bits per heavy atom. The quantitative estimate of drug-likeness (QED) is 0.439. The summed E-state index contributed by atoms with van der Waals surface area (Å²) in [5.41, 5.74) is 1.67. The van der Waals surface area contributed by atoms with Crippen LogP contribution in [0.5, 0.6) is 0 Å². The second-order valence-electron chi connectivity index (χ2n) is 7.34. The van der Waals surface area contributed by atoms with Gasteiger partial charge in [-0.05, 0) is 45.4 Å². The second-order valence-corrected chi connectivity index (χ2v) is 9.88. The lowest BCUT2D eigenvalue weighted by atomic mass is 10.2. The predicted octanol–water partition coefficient (Wildman–Crippen LogP) is 5.02. The van der Waals surface area contributed by atoms with Gasteiger partial charge in [-0.2, -0.15) is 0 Å². The number of benzene rings is 1. The number of para-hydroxylation sites is 1. The number of nitrogens with one attached hydrogen (secondary N) is 2. The van der Waals surface area contributed by atoms with Crippen LogP contribution in [0.2, 0.25) is 0 Å². The molecule has 0 aliphatic carbocycles. The minimum atomic E-state index is -0.229. The summed E-state index contributed by atoms with van der Waals surface area (Å²) in [6.45, 7) is 7.78. The first kappa shape index (κ1) is 20.7. The number of thioether (sulfide) groups is 1. The van der Waals surface area contributed by atoms with Gasteiger partial charge in [0.2, 0.25) is 5.91 Å². The van der Waals surface area contributed by atoms with Gasteiger partial charge in [0.25, 0.3) is 5.56 Å². The van der Waals surface area contributed by atoms with Crippen molar-refractivity contribution in [3.8, 4) is 0 Å². The van der Waals surface area contributed by atoms with E-state index in [-0.39, 0.29) is 28.5 Å². The van der Waals surface area contributed by atoms with Gasteiger partial charge in [-0.25, -0.2) is 4.98 Å². The average molecular weight is 442 g/mol. The molecule has 2 N–H and O–H groups in total. The molecule has 2 unspecified atom stereocenters. The number of nitrogens with zero attached hydrogens (tertiary/aromatic N) is 1. The van der Waals surface area contributed by atoms with Crippen molar-refractivity contribution >= 4 is 50.2 Å². The number of furan rings is 1. The molecule has 3 heterocycles. The van der Waals surface area contributed by atoms with Crippen LogP contribution in [0.25, 0.3) is 21.2 Å². The molecule has 3 aromatic heterocycles. The van der Waals surface area contributed by atoms with Crippen molar-refractivity contribution in [1.29, 1.82) is 0 Å². The minimum Gasteiger partial charge on any atom is -0.459 e. The largest absolute Gasteiger partial charge is 0.459 e. The second kappa shape index (κ2) is 8.28. The molecule has 0 spiro atoms. The highest BCUT2D eigenvalue weighted by molar-refractivity contribution is 8.00. The fourth-order valence-corrected chi connectivity index (χ4v) is 5.10. The first-order chi connectivity index (χ1) is 14.3. The topological polar surface area (TPSA) is 88.0 Å². The fraction of sp³-hybridized carbons (Fsp3) is 0.318. The predicted molar refractivity (Wildman–Crippen MR) is 123 cm³/mol. The van der Waals surface area contributed by atoms with Gasteiger partial charge < -0.3 is 14.7 Å². The molecule has 4 rings (SSSR count). The van der Waals surface area contributed by atoms with Gasteiger partial charge in [0.05, 0.1) is 22.4 Å². The zero-order valence-corrected chi connectivity index (χ0v) is 18.9. The van der Waals surface area contributed by atoms with Crippen LogP contribution in [-0.2, 0) is 4.79 Å². The third-order valence-electron chi connectivity index (χ3n) is 5.16. The standard InChI is InChI=1S/C22H23N3O3S2/c1-11-13(3)30-22-19(11)21(27)24-20(25-22)14(4)29-10-18(26)23-12(2)17-9-15-7-5-6-8-16(15)28-17/h5-9,12,14H,10H2,1-4H3,(H,23,26)(H,24,25,27). The van der Waals surface area contributed by atoms with E-state index in [4.69, 9.17) is 4.42 Å². The van der Waals surface area contributed by atoms with Crippen LogP contribution in [0.1, 0.15) is 47.2 Å². The highest BCUT2D eigenvalue weighted by atomic mass is 32.2. The molecule has 0 aliphatic rings. The maximum absolute atomic E-state index is 12.5. The summed E-state index contributed by atoms with van der Waals surface area (Å²) >= 11 is 2.96. The lowest BCUT2D eigenvalue weighted by Crippen LogP contribution is -2.28. The van der Waals surface area contributed by atoms with Crippen molar-refractivity contribution in [2.24, 2.45) is 0 Å². The van der Waals surface area contributed by atoms with Crippen molar-refractivity contribution < 1.29 is 9.21 Å². The Morgan fingerprint density at radius 3 is 2.83 bits per heavy atom. The summed E-state index contributed by atoms with van der Waals surface area (Å²) in [7, 11) is 0. The van der Waals surface area contributed by atoms with Crippen LogP contribution in [-0.4, -0.2) is 21.6 Å². The molecule has 0 saturated carbocycles. The molecule has 0 aliphatic heterocycles. The summed E-state index contributed by atoms with van der Waals surface area (Å²) < 4.78 is 5.82. The van der Waals surface area contributed by atoms with Crippen LogP contribution in [0.4, 0.5) is 0 Å². The van der Waals surface area contributed by atoms with Gasteiger partial charge in [-0.1, -0.05) is 18.2 Å².